The molecule has 0 saturated carbocycles. The van der Waals surface area contributed by atoms with Crippen LogP contribution in [-0.2, 0) is 24.6 Å². The molecule has 174 valence electrons. The van der Waals surface area contributed by atoms with Crippen LogP contribution in [0.25, 0.3) is 0 Å². The SMILES string of the molecule is CCC1C(=O)NCCN1C(=O)CC1(c2ccc(OC)cc2)CC(=O)N(CCC(C)C)C1=O. The second-order valence-corrected chi connectivity index (χ2v) is 9.00. The minimum Gasteiger partial charge on any atom is -0.497 e. The van der Waals surface area contributed by atoms with Crippen LogP contribution in [0.15, 0.2) is 24.3 Å². The van der Waals surface area contributed by atoms with Crippen molar-refractivity contribution in [2.75, 3.05) is 26.7 Å². The molecule has 2 saturated heterocycles. The summed E-state index contributed by atoms with van der Waals surface area (Å²) in [4.78, 5) is 55.2. The van der Waals surface area contributed by atoms with E-state index in [1.807, 2.05) is 20.8 Å². The zero-order valence-electron chi connectivity index (χ0n) is 19.3. The molecule has 2 unspecified atom stereocenters. The van der Waals surface area contributed by atoms with E-state index in [0.717, 1.165) is 0 Å². The van der Waals surface area contributed by atoms with Gasteiger partial charge in [-0.2, -0.15) is 0 Å². The van der Waals surface area contributed by atoms with Crippen molar-refractivity contribution in [1.29, 1.82) is 0 Å². The number of imide groups is 1. The van der Waals surface area contributed by atoms with E-state index in [0.29, 0.717) is 49.7 Å². The maximum absolute atomic E-state index is 13.7. The molecule has 0 aliphatic carbocycles. The van der Waals surface area contributed by atoms with Gasteiger partial charge in [0, 0.05) is 32.5 Å². The number of amides is 4. The molecule has 0 aromatic heterocycles. The fraction of sp³-hybridized carbons (Fsp3) is 0.583. The Morgan fingerprint density at radius 3 is 2.50 bits per heavy atom. The average molecular weight is 444 g/mol. The molecule has 1 N–H and O–H groups in total. The monoisotopic (exact) mass is 443 g/mol. The van der Waals surface area contributed by atoms with Crippen molar-refractivity contribution in [2.24, 2.45) is 5.92 Å². The first-order valence-corrected chi connectivity index (χ1v) is 11.3. The van der Waals surface area contributed by atoms with Crippen molar-refractivity contribution in [3.8, 4) is 5.75 Å². The van der Waals surface area contributed by atoms with E-state index in [1.165, 1.54) is 4.90 Å². The molecule has 0 bridgehead atoms. The van der Waals surface area contributed by atoms with Crippen LogP contribution >= 0.6 is 0 Å². The van der Waals surface area contributed by atoms with E-state index in [9.17, 15) is 19.2 Å². The number of ether oxygens (including phenoxy) is 1. The molecule has 8 heteroatoms. The lowest BCUT2D eigenvalue weighted by Crippen LogP contribution is -2.58. The number of hydrogen-bond acceptors (Lipinski definition) is 5. The lowest BCUT2D eigenvalue weighted by Gasteiger charge is -2.37. The number of carbonyl (C=O) groups excluding carboxylic acids is 4. The molecule has 1 aromatic rings. The first-order chi connectivity index (χ1) is 15.2. The Morgan fingerprint density at radius 2 is 1.91 bits per heavy atom. The van der Waals surface area contributed by atoms with Gasteiger partial charge in [0.05, 0.1) is 12.5 Å². The van der Waals surface area contributed by atoms with Gasteiger partial charge in [-0.25, -0.2) is 0 Å². The topological polar surface area (TPSA) is 96.0 Å². The summed E-state index contributed by atoms with van der Waals surface area (Å²) >= 11 is 0. The van der Waals surface area contributed by atoms with Crippen LogP contribution in [0, 0.1) is 5.92 Å². The number of benzene rings is 1. The fourth-order valence-corrected chi connectivity index (χ4v) is 4.57. The smallest absolute Gasteiger partial charge is 0.242 e. The predicted octanol–water partition coefficient (Wildman–Crippen LogP) is 1.87. The Morgan fingerprint density at radius 1 is 1.22 bits per heavy atom. The molecule has 2 heterocycles. The van der Waals surface area contributed by atoms with Crippen molar-refractivity contribution in [1.82, 2.24) is 15.1 Å². The molecule has 32 heavy (non-hydrogen) atoms. The highest BCUT2D eigenvalue weighted by Crippen LogP contribution is 2.41. The van der Waals surface area contributed by atoms with E-state index < -0.39 is 11.5 Å². The summed E-state index contributed by atoms with van der Waals surface area (Å²) < 4.78 is 5.23. The van der Waals surface area contributed by atoms with Gasteiger partial charge in [0.2, 0.25) is 23.6 Å². The number of hydrogen-bond donors (Lipinski definition) is 1. The third kappa shape index (κ3) is 4.49. The number of nitrogens with one attached hydrogen (secondary N) is 1. The Balaban J connectivity index is 1.96. The van der Waals surface area contributed by atoms with Crippen molar-refractivity contribution in [3.05, 3.63) is 29.8 Å². The maximum Gasteiger partial charge on any atom is 0.242 e. The predicted molar refractivity (Wildman–Crippen MR) is 119 cm³/mol. The highest BCUT2D eigenvalue weighted by atomic mass is 16.5. The van der Waals surface area contributed by atoms with Gasteiger partial charge in [0.1, 0.15) is 11.8 Å². The van der Waals surface area contributed by atoms with E-state index in [-0.39, 0.29) is 36.5 Å². The molecule has 3 rings (SSSR count). The highest BCUT2D eigenvalue weighted by molar-refractivity contribution is 6.11. The Bertz CT molecular complexity index is 882. The molecule has 2 aliphatic heterocycles. The van der Waals surface area contributed by atoms with Crippen molar-refractivity contribution in [2.45, 2.75) is 57.9 Å². The second kappa shape index (κ2) is 9.71. The minimum absolute atomic E-state index is 0.0567. The average Bonchev–Trinajstić information content (AvgIpc) is 3.01. The van der Waals surface area contributed by atoms with Gasteiger partial charge in [-0.15, -0.1) is 0 Å². The van der Waals surface area contributed by atoms with Crippen LogP contribution in [0.4, 0.5) is 0 Å². The van der Waals surface area contributed by atoms with Crippen LogP contribution in [-0.4, -0.2) is 66.2 Å². The Hall–Kier alpha value is -2.90. The Kier molecular flexibility index (Phi) is 7.21. The number of likely N-dealkylation sites (tertiary alicyclic amines) is 1. The molecular formula is C24H33N3O5. The fourth-order valence-electron chi connectivity index (χ4n) is 4.57. The molecular weight excluding hydrogens is 410 g/mol. The maximum atomic E-state index is 13.7. The zero-order chi connectivity index (χ0) is 23.5. The number of carbonyl (C=O) groups is 4. The minimum atomic E-state index is -1.27. The third-order valence-corrected chi connectivity index (χ3v) is 6.47. The van der Waals surface area contributed by atoms with Crippen LogP contribution < -0.4 is 10.1 Å². The number of piperazine rings is 1. The largest absolute Gasteiger partial charge is 0.497 e. The van der Waals surface area contributed by atoms with Crippen LogP contribution in [0.1, 0.15) is 52.0 Å². The summed E-state index contributed by atoms with van der Waals surface area (Å²) in [6.07, 6.45) is 0.986. The normalized spacial score (nSPS) is 23.7. The number of rotatable bonds is 8. The van der Waals surface area contributed by atoms with E-state index in [1.54, 1.807) is 36.3 Å². The molecule has 2 atom stereocenters. The van der Waals surface area contributed by atoms with Crippen molar-refractivity contribution < 1.29 is 23.9 Å². The standard InChI is InChI=1S/C24H33N3O5/c1-5-19-22(30)25-11-13-26(19)20(28)14-24(17-6-8-18(32-4)9-7-17)15-21(29)27(23(24)31)12-10-16(2)3/h6-9,16,19H,5,10-15H2,1-4H3,(H,25,30). The molecule has 2 fully saturated rings. The number of nitrogens with zero attached hydrogens (tertiary/aromatic N) is 2. The Labute approximate surface area is 189 Å². The summed E-state index contributed by atoms with van der Waals surface area (Å²) in [5.74, 6) is -0.0981. The molecule has 0 radical (unpaired) electrons. The van der Waals surface area contributed by atoms with Crippen molar-refractivity contribution in [3.63, 3.8) is 0 Å². The van der Waals surface area contributed by atoms with E-state index in [4.69, 9.17) is 4.74 Å². The summed E-state index contributed by atoms with van der Waals surface area (Å²) in [7, 11) is 1.55. The first kappa shape index (κ1) is 23.8. The van der Waals surface area contributed by atoms with Gasteiger partial charge in [-0.1, -0.05) is 32.9 Å². The first-order valence-electron chi connectivity index (χ1n) is 11.3. The summed E-state index contributed by atoms with van der Waals surface area (Å²) in [6.45, 7) is 7.04. The van der Waals surface area contributed by atoms with Gasteiger partial charge < -0.3 is 15.0 Å². The molecule has 1 aromatic carbocycles. The summed E-state index contributed by atoms with van der Waals surface area (Å²) in [5, 5.41) is 2.79. The van der Waals surface area contributed by atoms with Gasteiger partial charge in [0.15, 0.2) is 0 Å². The van der Waals surface area contributed by atoms with Crippen LogP contribution in [0.2, 0.25) is 0 Å². The van der Waals surface area contributed by atoms with E-state index >= 15 is 0 Å². The third-order valence-electron chi connectivity index (χ3n) is 6.47. The second-order valence-electron chi connectivity index (χ2n) is 9.00. The quantitative estimate of drug-likeness (QED) is 0.619. The highest BCUT2D eigenvalue weighted by Gasteiger charge is 2.54. The zero-order valence-corrected chi connectivity index (χ0v) is 19.3. The molecule has 2 aliphatic rings. The lowest BCUT2D eigenvalue weighted by molar-refractivity contribution is -0.146. The van der Waals surface area contributed by atoms with E-state index in [2.05, 4.69) is 5.32 Å². The summed E-state index contributed by atoms with van der Waals surface area (Å²) in [6, 6.07) is 6.42. The van der Waals surface area contributed by atoms with Crippen molar-refractivity contribution >= 4 is 23.6 Å². The molecule has 0 spiro atoms. The van der Waals surface area contributed by atoms with Crippen LogP contribution in [0.3, 0.4) is 0 Å². The molecule has 8 nitrogen and oxygen atoms in total. The van der Waals surface area contributed by atoms with Gasteiger partial charge in [0.25, 0.3) is 0 Å². The lowest BCUT2D eigenvalue weighted by atomic mass is 9.75. The van der Waals surface area contributed by atoms with Gasteiger partial charge >= 0.3 is 0 Å². The molecule has 4 amide bonds. The number of methoxy groups -OCH3 is 1. The van der Waals surface area contributed by atoms with Gasteiger partial charge in [-0.05, 0) is 36.5 Å². The van der Waals surface area contributed by atoms with Crippen LogP contribution in [0.5, 0.6) is 5.75 Å². The summed E-state index contributed by atoms with van der Waals surface area (Å²) in [5.41, 5.74) is -0.657. The van der Waals surface area contributed by atoms with Gasteiger partial charge in [-0.3, -0.25) is 24.1 Å².